The van der Waals surface area contributed by atoms with Gasteiger partial charge in [0.05, 0.1) is 5.02 Å². The first kappa shape index (κ1) is 14.9. The molecule has 2 nitrogen and oxygen atoms in total. The maximum Gasteiger partial charge on any atom is 0.146 e. The molecular weight excluding hydrogens is 270 g/mol. The Balaban J connectivity index is 2.16. The van der Waals surface area contributed by atoms with Crippen molar-refractivity contribution in [1.82, 2.24) is 0 Å². The lowest BCUT2D eigenvalue weighted by Gasteiger charge is -2.12. The highest BCUT2D eigenvalue weighted by Gasteiger charge is 2.08. The van der Waals surface area contributed by atoms with E-state index in [9.17, 15) is 0 Å². The number of para-hydroxylation sites is 1. The summed E-state index contributed by atoms with van der Waals surface area (Å²) in [6.45, 7) is 4.10. The Morgan fingerprint density at radius 1 is 1.15 bits per heavy atom. The topological polar surface area (TPSA) is 35.2 Å². The quantitative estimate of drug-likeness (QED) is 0.864. The number of ether oxygens (including phenoxy) is 1. The first-order valence-electron chi connectivity index (χ1n) is 6.87. The molecule has 0 aliphatic heterocycles. The molecule has 2 rings (SSSR count). The van der Waals surface area contributed by atoms with Crippen molar-refractivity contribution in [2.45, 2.75) is 32.7 Å². The second kappa shape index (κ2) is 6.78. The van der Waals surface area contributed by atoms with Gasteiger partial charge in [0.2, 0.25) is 0 Å². The molecule has 0 aromatic heterocycles. The van der Waals surface area contributed by atoms with Gasteiger partial charge in [-0.15, -0.1) is 0 Å². The van der Waals surface area contributed by atoms with Crippen molar-refractivity contribution in [3.63, 3.8) is 0 Å². The molecule has 0 radical (unpaired) electrons. The average Bonchev–Trinajstić information content (AvgIpc) is 2.44. The highest BCUT2D eigenvalue weighted by molar-refractivity contribution is 6.32. The van der Waals surface area contributed by atoms with Crippen molar-refractivity contribution >= 4 is 11.6 Å². The summed E-state index contributed by atoms with van der Waals surface area (Å²) >= 11 is 6.29. The first-order valence-corrected chi connectivity index (χ1v) is 7.25. The Hall–Kier alpha value is -1.51. The zero-order chi connectivity index (χ0) is 14.5. The second-order valence-electron chi connectivity index (χ2n) is 5.00. The molecule has 0 aliphatic carbocycles. The molecule has 3 heteroatoms. The summed E-state index contributed by atoms with van der Waals surface area (Å²) in [5.74, 6) is 1.50. The molecule has 2 aromatic rings. The van der Waals surface area contributed by atoms with E-state index in [4.69, 9.17) is 22.1 Å². The Morgan fingerprint density at radius 2 is 1.90 bits per heavy atom. The molecule has 0 heterocycles. The fourth-order valence-electron chi connectivity index (χ4n) is 1.99. The van der Waals surface area contributed by atoms with E-state index in [0.29, 0.717) is 10.8 Å². The number of rotatable bonds is 5. The van der Waals surface area contributed by atoms with Crippen molar-refractivity contribution in [2.24, 2.45) is 5.73 Å². The fraction of sp³-hybridized carbons (Fsp3) is 0.294. The number of halogens is 1. The van der Waals surface area contributed by atoms with Crippen molar-refractivity contribution in [3.05, 3.63) is 58.6 Å². The molecule has 0 spiro atoms. The highest BCUT2D eigenvalue weighted by Crippen LogP contribution is 2.31. The minimum absolute atomic E-state index is 0.175. The largest absolute Gasteiger partial charge is 0.456 e. The maximum atomic E-state index is 6.29. The third kappa shape index (κ3) is 3.75. The molecule has 0 bridgehead atoms. The van der Waals surface area contributed by atoms with Crippen molar-refractivity contribution in [1.29, 1.82) is 0 Å². The maximum absolute atomic E-state index is 6.29. The molecular formula is C17H20ClNO. The Morgan fingerprint density at radius 3 is 2.55 bits per heavy atom. The molecule has 0 amide bonds. The van der Waals surface area contributed by atoms with Crippen molar-refractivity contribution < 1.29 is 4.74 Å². The van der Waals surface area contributed by atoms with Gasteiger partial charge in [0.25, 0.3) is 0 Å². The molecule has 0 aliphatic rings. The van der Waals surface area contributed by atoms with Gasteiger partial charge in [-0.1, -0.05) is 42.8 Å². The monoisotopic (exact) mass is 289 g/mol. The molecule has 0 fully saturated rings. The lowest BCUT2D eigenvalue weighted by Crippen LogP contribution is -2.21. The van der Waals surface area contributed by atoms with Gasteiger partial charge in [-0.05, 0) is 49.1 Å². The van der Waals surface area contributed by atoms with Crippen LogP contribution in [-0.2, 0) is 6.42 Å². The lowest BCUT2D eigenvalue weighted by atomic mass is 10.0. The predicted molar refractivity (Wildman–Crippen MR) is 84.7 cm³/mol. The number of benzene rings is 2. The third-order valence-electron chi connectivity index (χ3n) is 3.33. The van der Waals surface area contributed by atoms with Gasteiger partial charge >= 0.3 is 0 Å². The molecule has 2 N–H and O–H groups in total. The number of hydrogen-bond donors (Lipinski definition) is 1. The Labute approximate surface area is 125 Å². The van der Waals surface area contributed by atoms with Crippen LogP contribution in [0.25, 0.3) is 0 Å². The van der Waals surface area contributed by atoms with Crippen molar-refractivity contribution in [3.8, 4) is 11.5 Å². The first-order chi connectivity index (χ1) is 9.60. The highest BCUT2D eigenvalue weighted by atomic mass is 35.5. The third-order valence-corrected chi connectivity index (χ3v) is 3.63. The number of hydrogen-bond acceptors (Lipinski definition) is 2. The predicted octanol–water partition coefficient (Wildman–Crippen LogP) is 4.72. The van der Waals surface area contributed by atoms with Gasteiger partial charge < -0.3 is 10.5 Å². The van der Waals surface area contributed by atoms with Gasteiger partial charge in [-0.2, -0.15) is 0 Å². The molecule has 2 aromatic carbocycles. The van der Waals surface area contributed by atoms with Gasteiger partial charge in [0.15, 0.2) is 0 Å². The minimum atomic E-state index is 0.175. The summed E-state index contributed by atoms with van der Waals surface area (Å²) < 4.78 is 5.86. The molecule has 1 unspecified atom stereocenters. The van der Waals surface area contributed by atoms with E-state index in [1.165, 1.54) is 0 Å². The number of nitrogens with two attached hydrogens (primary N) is 1. The van der Waals surface area contributed by atoms with Gasteiger partial charge in [0.1, 0.15) is 11.5 Å². The number of aryl methyl sites for hydroxylation is 1. The standard InChI is InChI=1S/C17H20ClNO/c1-3-14(19)10-13-8-9-17(15(18)11-13)20-16-7-5-4-6-12(16)2/h4-9,11,14H,3,10,19H2,1-2H3. The van der Waals surface area contributed by atoms with Gasteiger partial charge in [-0.3, -0.25) is 0 Å². The summed E-state index contributed by atoms with van der Waals surface area (Å²) in [6.07, 6.45) is 1.79. The summed E-state index contributed by atoms with van der Waals surface area (Å²) in [5.41, 5.74) is 8.19. The van der Waals surface area contributed by atoms with Crippen LogP contribution in [0.2, 0.25) is 5.02 Å². The summed E-state index contributed by atoms with van der Waals surface area (Å²) in [6, 6.07) is 13.9. The van der Waals surface area contributed by atoms with E-state index >= 15 is 0 Å². The van der Waals surface area contributed by atoms with Gasteiger partial charge in [0, 0.05) is 6.04 Å². The van der Waals surface area contributed by atoms with E-state index in [0.717, 1.165) is 29.7 Å². The molecule has 0 saturated heterocycles. The summed E-state index contributed by atoms with van der Waals surface area (Å²) in [4.78, 5) is 0. The van der Waals surface area contributed by atoms with E-state index < -0.39 is 0 Å². The molecule has 106 valence electrons. The summed E-state index contributed by atoms with van der Waals surface area (Å²) in [7, 11) is 0. The van der Waals surface area contributed by atoms with Crippen molar-refractivity contribution in [2.75, 3.05) is 0 Å². The van der Waals surface area contributed by atoms with Crippen LogP contribution in [0.4, 0.5) is 0 Å². The van der Waals surface area contributed by atoms with Crippen LogP contribution in [0.5, 0.6) is 11.5 Å². The Kier molecular flexibility index (Phi) is 5.05. The van der Waals surface area contributed by atoms with E-state index in [1.54, 1.807) is 0 Å². The van der Waals surface area contributed by atoms with Crippen LogP contribution in [0.15, 0.2) is 42.5 Å². The SMILES string of the molecule is CCC(N)Cc1ccc(Oc2ccccc2C)c(Cl)c1. The smallest absolute Gasteiger partial charge is 0.146 e. The fourth-order valence-corrected chi connectivity index (χ4v) is 2.23. The average molecular weight is 290 g/mol. The summed E-state index contributed by atoms with van der Waals surface area (Å²) in [5, 5.41) is 0.619. The van der Waals surface area contributed by atoms with Crippen LogP contribution in [0.3, 0.4) is 0 Å². The Bertz CT molecular complexity index is 583. The second-order valence-corrected chi connectivity index (χ2v) is 5.41. The molecule has 1 atom stereocenters. The zero-order valence-corrected chi connectivity index (χ0v) is 12.7. The van der Waals surface area contributed by atoms with E-state index in [2.05, 4.69) is 6.92 Å². The molecule has 20 heavy (non-hydrogen) atoms. The van der Waals surface area contributed by atoms with Gasteiger partial charge in [-0.25, -0.2) is 0 Å². The lowest BCUT2D eigenvalue weighted by molar-refractivity contribution is 0.479. The van der Waals surface area contributed by atoms with Crippen LogP contribution in [0.1, 0.15) is 24.5 Å². The molecule has 0 saturated carbocycles. The van der Waals surface area contributed by atoms with Crippen LogP contribution in [0, 0.1) is 6.92 Å². The zero-order valence-electron chi connectivity index (χ0n) is 11.9. The normalized spacial score (nSPS) is 12.2. The van der Waals surface area contributed by atoms with E-state index in [1.807, 2.05) is 49.4 Å². The van der Waals surface area contributed by atoms with E-state index in [-0.39, 0.29) is 6.04 Å². The van der Waals surface area contributed by atoms with Crippen LogP contribution < -0.4 is 10.5 Å². The van der Waals surface area contributed by atoms with Crippen LogP contribution in [-0.4, -0.2) is 6.04 Å². The van der Waals surface area contributed by atoms with Crippen LogP contribution >= 0.6 is 11.6 Å². The minimum Gasteiger partial charge on any atom is -0.456 e.